The molecule has 0 saturated carbocycles. The van der Waals surface area contributed by atoms with Crippen molar-refractivity contribution in [3.63, 3.8) is 0 Å². The van der Waals surface area contributed by atoms with Gasteiger partial charge in [0.1, 0.15) is 5.75 Å². The number of nitrogen functional groups attached to an aromatic ring is 1. The molecule has 1 aromatic carbocycles. The molecule has 0 aliphatic carbocycles. The highest BCUT2D eigenvalue weighted by atomic mass is 16.5. The van der Waals surface area contributed by atoms with Gasteiger partial charge in [0.25, 0.3) is 5.91 Å². The Labute approximate surface area is 112 Å². The van der Waals surface area contributed by atoms with Gasteiger partial charge in [0.15, 0.2) is 6.61 Å². The van der Waals surface area contributed by atoms with E-state index in [4.69, 9.17) is 10.5 Å². The van der Waals surface area contributed by atoms with E-state index < -0.39 is 0 Å². The predicted molar refractivity (Wildman–Crippen MR) is 75.6 cm³/mol. The molecule has 102 valence electrons. The van der Waals surface area contributed by atoms with E-state index >= 15 is 0 Å². The zero-order valence-electron chi connectivity index (χ0n) is 11.1. The third kappa shape index (κ3) is 2.09. The summed E-state index contributed by atoms with van der Waals surface area (Å²) >= 11 is 0. The highest BCUT2D eigenvalue weighted by molar-refractivity contribution is 5.97. The van der Waals surface area contributed by atoms with Crippen LogP contribution in [-0.4, -0.2) is 25.1 Å². The maximum atomic E-state index is 11.4. The number of amides is 1. The number of nitrogens with one attached hydrogen (secondary N) is 1. The lowest BCUT2D eigenvalue weighted by molar-refractivity contribution is -0.118. The van der Waals surface area contributed by atoms with E-state index in [0.717, 1.165) is 30.0 Å². The number of nitrogens with two attached hydrogens (primary N) is 1. The van der Waals surface area contributed by atoms with Gasteiger partial charge in [-0.25, -0.2) is 0 Å². The summed E-state index contributed by atoms with van der Waals surface area (Å²) in [5, 5.41) is 2.84. The number of hydrogen-bond donors (Lipinski definition) is 2. The molecule has 2 heterocycles. The maximum Gasteiger partial charge on any atom is 0.262 e. The number of rotatable bonds is 2. The van der Waals surface area contributed by atoms with Crippen LogP contribution in [0.1, 0.15) is 26.2 Å². The Morgan fingerprint density at radius 3 is 3.16 bits per heavy atom. The number of benzene rings is 1. The summed E-state index contributed by atoms with van der Waals surface area (Å²) < 4.78 is 5.38. The van der Waals surface area contributed by atoms with Crippen LogP contribution >= 0.6 is 0 Å². The van der Waals surface area contributed by atoms with Crippen LogP contribution in [0.5, 0.6) is 5.75 Å². The molecule has 1 fully saturated rings. The number of ether oxygens (including phenoxy) is 1. The van der Waals surface area contributed by atoms with Gasteiger partial charge in [0, 0.05) is 18.7 Å². The van der Waals surface area contributed by atoms with Gasteiger partial charge in [0.05, 0.1) is 17.1 Å². The number of nitrogens with zero attached hydrogens (tertiary/aromatic N) is 1. The van der Waals surface area contributed by atoms with Crippen LogP contribution in [0.2, 0.25) is 0 Å². The first-order valence-corrected chi connectivity index (χ1v) is 6.82. The lowest BCUT2D eigenvalue weighted by Crippen LogP contribution is -2.30. The number of hydrogen-bond acceptors (Lipinski definition) is 4. The third-order valence-corrected chi connectivity index (χ3v) is 3.92. The quantitative estimate of drug-likeness (QED) is 0.799. The number of carbonyl (C=O) groups is 1. The summed E-state index contributed by atoms with van der Waals surface area (Å²) in [5.74, 6) is 0.546. The topological polar surface area (TPSA) is 67.6 Å². The van der Waals surface area contributed by atoms with E-state index in [-0.39, 0.29) is 12.5 Å². The lowest BCUT2D eigenvalue weighted by Gasteiger charge is -2.29. The summed E-state index contributed by atoms with van der Waals surface area (Å²) in [5.41, 5.74) is 8.59. The Kier molecular flexibility index (Phi) is 2.97. The normalized spacial score (nSPS) is 21.8. The fourth-order valence-electron chi connectivity index (χ4n) is 2.96. The van der Waals surface area contributed by atoms with E-state index in [2.05, 4.69) is 17.1 Å². The van der Waals surface area contributed by atoms with Crippen LogP contribution in [0.15, 0.2) is 12.1 Å². The van der Waals surface area contributed by atoms with E-state index in [1.165, 1.54) is 12.8 Å². The highest BCUT2D eigenvalue weighted by Crippen LogP contribution is 2.39. The number of anilines is 3. The van der Waals surface area contributed by atoms with Crippen LogP contribution in [0.3, 0.4) is 0 Å². The average molecular weight is 261 g/mol. The van der Waals surface area contributed by atoms with Crippen molar-refractivity contribution in [3.8, 4) is 5.75 Å². The SMILES string of the molecule is CCC1CCCN1c1cc2c(cc1N)OCC(=O)N2. The molecule has 2 aliphatic heterocycles. The lowest BCUT2D eigenvalue weighted by atomic mass is 10.1. The maximum absolute atomic E-state index is 11.4. The van der Waals surface area contributed by atoms with Gasteiger partial charge >= 0.3 is 0 Å². The van der Waals surface area contributed by atoms with Crippen molar-refractivity contribution in [1.82, 2.24) is 0 Å². The second-order valence-electron chi connectivity index (χ2n) is 5.14. The van der Waals surface area contributed by atoms with Crippen molar-refractivity contribution in [2.45, 2.75) is 32.2 Å². The Balaban J connectivity index is 1.97. The molecule has 0 bridgehead atoms. The molecule has 0 radical (unpaired) electrons. The summed E-state index contributed by atoms with van der Waals surface area (Å²) in [7, 11) is 0. The predicted octanol–water partition coefficient (Wildman–Crippen LogP) is 1.98. The summed E-state index contributed by atoms with van der Waals surface area (Å²) in [6, 6.07) is 4.30. The molecule has 1 unspecified atom stereocenters. The molecule has 19 heavy (non-hydrogen) atoms. The van der Waals surface area contributed by atoms with Crippen molar-refractivity contribution >= 4 is 23.0 Å². The van der Waals surface area contributed by atoms with Crippen LogP contribution in [0, 0.1) is 0 Å². The van der Waals surface area contributed by atoms with E-state index in [0.29, 0.717) is 11.8 Å². The monoisotopic (exact) mass is 261 g/mol. The van der Waals surface area contributed by atoms with Crippen molar-refractivity contribution in [2.24, 2.45) is 0 Å². The third-order valence-electron chi connectivity index (χ3n) is 3.92. The van der Waals surface area contributed by atoms with E-state index in [1.807, 2.05) is 12.1 Å². The zero-order chi connectivity index (χ0) is 13.4. The minimum absolute atomic E-state index is 0.0626. The molecular formula is C14H19N3O2. The summed E-state index contributed by atoms with van der Waals surface area (Å²) in [4.78, 5) is 13.7. The van der Waals surface area contributed by atoms with Gasteiger partial charge in [0.2, 0.25) is 0 Å². The average Bonchev–Trinajstić information content (AvgIpc) is 2.86. The van der Waals surface area contributed by atoms with Crippen molar-refractivity contribution < 1.29 is 9.53 Å². The minimum Gasteiger partial charge on any atom is -0.482 e. The Hall–Kier alpha value is -1.91. The number of carbonyl (C=O) groups excluding carboxylic acids is 1. The van der Waals surface area contributed by atoms with Gasteiger partial charge in [-0.15, -0.1) is 0 Å². The zero-order valence-corrected chi connectivity index (χ0v) is 11.1. The smallest absolute Gasteiger partial charge is 0.262 e. The molecule has 1 atom stereocenters. The minimum atomic E-state index is -0.114. The van der Waals surface area contributed by atoms with E-state index in [9.17, 15) is 4.79 Å². The largest absolute Gasteiger partial charge is 0.482 e. The van der Waals surface area contributed by atoms with E-state index in [1.54, 1.807) is 0 Å². The molecule has 1 amide bonds. The molecule has 0 spiro atoms. The number of fused-ring (bicyclic) bond motifs is 1. The fourth-order valence-corrected chi connectivity index (χ4v) is 2.96. The first-order chi connectivity index (χ1) is 9.19. The van der Waals surface area contributed by atoms with Crippen molar-refractivity contribution in [2.75, 3.05) is 29.1 Å². The standard InChI is InChI=1S/C14H19N3O2/c1-2-9-4-3-5-17(9)12-7-11-13(6-10(12)15)19-8-14(18)16-11/h6-7,9H,2-5,8,15H2,1H3,(H,16,18). The summed E-state index contributed by atoms with van der Waals surface area (Å²) in [6.07, 6.45) is 3.51. The van der Waals surface area contributed by atoms with Crippen LogP contribution < -0.4 is 20.7 Å². The highest BCUT2D eigenvalue weighted by Gasteiger charge is 2.26. The van der Waals surface area contributed by atoms with Crippen molar-refractivity contribution in [3.05, 3.63) is 12.1 Å². The van der Waals surface area contributed by atoms with Gasteiger partial charge in [-0.05, 0) is 25.3 Å². The Morgan fingerprint density at radius 2 is 2.37 bits per heavy atom. The van der Waals surface area contributed by atoms with Crippen LogP contribution in [0.25, 0.3) is 0 Å². The first kappa shape index (κ1) is 12.1. The van der Waals surface area contributed by atoms with Crippen LogP contribution in [0.4, 0.5) is 17.1 Å². The molecule has 3 N–H and O–H groups in total. The van der Waals surface area contributed by atoms with Crippen LogP contribution in [-0.2, 0) is 4.79 Å². The molecule has 2 aliphatic rings. The second kappa shape index (κ2) is 4.64. The Morgan fingerprint density at radius 1 is 1.53 bits per heavy atom. The molecule has 5 nitrogen and oxygen atoms in total. The molecule has 1 aromatic rings. The van der Waals surface area contributed by atoms with Gasteiger partial charge in [-0.3, -0.25) is 4.79 Å². The Bertz CT molecular complexity index is 516. The first-order valence-electron chi connectivity index (χ1n) is 6.82. The van der Waals surface area contributed by atoms with Gasteiger partial charge in [-0.2, -0.15) is 0 Å². The molecular weight excluding hydrogens is 242 g/mol. The second-order valence-corrected chi connectivity index (χ2v) is 5.14. The summed E-state index contributed by atoms with van der Waals surface area (Å²) in [6.45, 7) is 3.28. The molecule has 3 rings (SSSR count). The van der Waals surface area contributed by atoms with Gasteiger partial charge < -0.3 is 20.7 Å². The molecule has 0 aromatic heterocycles. The molecule has 5 heteroatoms. The molecule has 1 saturated heterocycles. The van der Waals surface area contributed by atoms with Gasteiger partial charge in [-0.1, -0.05) is 6.92 Å². The fraction of sp³-hybridized carbons (Fsp3) is 0.500. The van der Waals surface area contributed by atoms with Crippen molar-refractivity contribution in [1.29, 1.82) is 0 Å².